The van der Waals surface area contributed by atoms with Gasteiger partial charge in [-0.2, -0.15) is 0 Å². The Kier molecular flexibility index (Phi) is 4.77. The lowest BCUT2D eigenvalue weighted by molar-refractivity contribution is -0.122. The molecule has 2 heterocycles. The maximum Gasteiger partial charge on any atom is 0.290 e. The van der Waals surface area contributed by atoms with Crippen molar-refractivity contribution in [3.8, 4) is 0 Å². The summed E-state index contributed by atoms with van der Waals surface area (Å²) in [6, 6.07) is 11.7. The van der Waals surface area contributed by atoms with Crippen LogP contribution < -0.4 is 10.6 Å². The van der Waals surface area contributed by atoms with E-state index in [4.69, 9.17) is 14.9 Å². The first-order valence-corrected chi connectivity index (χ1v) is 8.65. The fourth-order valence-electron chi connectivity index (χ4n) is 3.67. The van der Waals surface area contributed by atoms with Crippen molar-refractivity contribution in [2.24, 2.45) is 4.99 Å². The number of anilines is 1. The van der Waals surface area contributed by atoms with Crippen molar-refractivity contribution in [3.05, 3.63) is 35.9 Å². The molecule has 0 radical (unpaired) electrons. The van der Waals surface area contributed by atoms with Gasteiger partial charge >= 0.3 is 0 Å². The molecule has 2 aromatic carbocycles. The van der Waals surface area contributed by atoms with Crippen LogP contribution in [-0.2, 0) is 10.2 Å². The normalized spacial score (nSPS) is 20.4. The molecule has 132 valence electrons. The lowest BCUT2D eigenvalue weighted by Crippen LogP contribution is -2.23. The van der Waals surface area contributed by atoms with Gasteiger partial charge in [0.15, 0.2) is 0 Å². The average Bonchev–Trinajstić information content (AvgIpc) is 3.15. The molecule has 0 spiro atoms. The van der Waals surface area contributed by atoms with Gasteiger partial charge in [0.1, 0.15) is 0 Å². The number of hydrogen-bond acceptors (Lipinski definition) is 4. The highest BCUT2D eigenvalue weighted by Gasteiger charge is 2.33. The van der Waals surface area contributed by atoms with Gasteiger partial charge in [-0.05, 0) is 54.4 Å². The Morgan fingerprint density at radius 2 is 2.08 bits per heavy atom. The van der Waals surface area contributed by atoms with Gasteiger partial charge in [0.05, 0.1) is 5.69 Å². The quantitative estimate of drug-likeness (QED) is 0.730. The highest BCUT2D eigenvalue weighted by Crippen LogP contribution is 2.44. The Morgan fingerprint density at radius 1 is 1.32 bits per heavy atom. The molecule has 2 aliphatic rings. The van der Waals surface area contributed by atoms with Crippen LogP contribution >= 0.6 is 0 Å². The summed E-state index contributed by atoms with van der Waals surface area (Å²) >= 11 is 0. The molecule has 5 heteroatoms. The summed E-state index contributed by atoms with van der Waals surface area (Å²) in [5.74, 6) is 0. The molecular weight excluding hydrogens is 314 g/mol. The molecule has 0 amide bonds. The van der Waals surface area contributed by atoms with Gasteiger partial charge in [-0.15, -0.1) is 0 Å². The van der Waals surface area contributed by atoms with Gasteiger partial charge in [-0.25, -0.2) is 0 Å². The number of fused-ring (bicyclic) bond motifs is 3. The van der Waals surface area contributed by atoms with Gasteiger partial charge in [-0.1, -0.05) is 26.0 Å². The Labute approximate surface area is 148 Å². The minimum atomic E-state index is -0.250. The summed E-state index contributed by atoms with van der Waals surface area (Å²) in [5.41, 5.74) is 4.95. The Balaban J connectivity index is 0.000000569. The van der Waals surface area contributed by atoms with E-state index in [1.165, 1.54) is 34.2 Å². The van der Waals surface area contributed by atoms with Crippen LogP contribution in [0.5, 0.6) is 0 Å². The van der Waals surface area contributed by atoms with E-state index in [1.54, 1.807) is 0 Å². The number of nitrogens with one attached hydrogen (secondary N) is 2. The smallest absolute Gasteiger partial charge is 0.290 e. The fourth-order valence-corrected chi connectivity index (χ4v) is 3.67. The van der Waals surface area contributed by atoms with Gasteiger partial charge in [-0.3, -0.25) is 9.79 Å². The van der Waals surface area contributed by atoms with E-state index in [0.29, 0.717) is 6.04 Å². The molecule has 1 atom stereocenters. The molecule has 2 aromatic rings. The number of hydrogen-bond donors (Lipinski definition) is 3. The van der Waals surface area contributed by atoms with Gasteiger partial charge in [0.25, 0.3) is 6.47 Å². The SMILES string of the molecule is CC1=Nc2ccc3cc(N[C@@H]4CCNC4)ccc3c2C1(C)C.O=CO. The first kappa shape index (κ1) is 17.4. The van der Waals surface area contributed by atoms with E-state index >= 15 is 0 Å². The van der Waals surface area contributed by atoms with Crippen LogP contribution in [0.3, 0.4) is 0 Å². The molecule has 3 N–H and O–H groups in total. The monoisotopic (exact) mass is 339 g/mol. The zero-order valence-corrected chi connectivity index (χ0v) is 15.0. The van der Waals surface area contributed by atoms with E-state index < -0.39 is 0 Å². The topological polar surface area (TPSA) is 73.7 Å². The number of benzene rings is 2. The number of nitrogens with zero attached hydrogens (tertiary/aromatic N) is 1. The van der Waals surface area contributed by atoms with Crippen molar-refractivity contribution < 1.29 is 9.90 Å². The zero-order chi connectivity index (χ0) is 18.0. The molecule has 0 saturated carbocycles. The molecular formula is C20H25N3O2. The van der Waals surface area contributed by atoms with E-state index in [2.05, 4.69) is 61.7 Å². The first-order valence-electron chi connectivity index (χ1n) is 8.65. The molecule has 0 aliphatic carbocycles. The number of carboxylic acid groups (broad SMARTS) is 1. The van der Waals surface area contributed by atoms with E-state index in [-0.39, 0.29) is 11.9 Å². The third-order valence-electron chi connectivity index (χ3n) is 5.25. The van der Waals surface area contributed by atoms with Crippen molar-refractivity contribution in [2.45, 2.75) is 38.6 Å². The predicted molar refractivity (Wildman–Crippen MR) is 103 cm³/mol. The summed E-state index contributed by atoms with van der Waals surface area (Å²) in [4.78, 5) is 13.1. The lowest BCUT2D eigenvalue weighted by atomic mass is 9.79. The average molecular weight is 339 g/mol. The summed E-state index contributed by atoms with van der Waals surface area (Å²) in [5, 5.41) is 16.6. The second-order valence-corrected chi connectivity index (χ2v) is 7.16. The molecule has 4 rings (SSSR count). The Bertz CT molecular complexity index is 821. The third-order valence-corrected chi connectivity index (χ3v) is 5.25. The Hall–Kier alpha value is -2.40. The van der Waals surface area contributed by atoms with Crippen LogP contribution in [0, 0.1) is 0 Å². The predicted octanol–water partition coefficient (Wildman–Crippen LogP) is 3.70. The van der Waals surface area contributed by atoms with Crippen LogP contribution in [0.15, 0.2) is 35.3 Å². The van der Waals surface area contributed by atoms with Crippen LogP contribution in [-0.4, -0.2) is 36.4 Å². The maximum absolute atomic E-state index is 8.36. The van der Waals surface area contributed by atoms with Crippen molar-refractivity contribution in [1.82, 2.24) is 5.32 Å². The zero-order valence-electron chi connectivity index (χ0n) is 15.0. The number of aliphatic imine (C=N–C) groups is 1. The molecule has 0 bridgehead atoms. The van der Waals surface area contributed by atoms with Crippen LogP contribution in [0.2, 0.25) is 0 Å². The van der Waals surface area contributed by atoms with Crippen molar-refractivity contribution >= 4 is 34.3 Å². The second kappa shape index (κ2) is 6.84. The van der Waals surface area contributed by atoms with Crippen molar-refractivity contribution in [3.63, 3.8) is 0 Å². The van der Waals surface area contributed by atoms with E-state index in [9.17, 15) is 0 Å². The fraction of sp³-hybridized carbons (Fsp3) is 0.400. The summed E-state index contributed by atoms with van der Waals surface area (Å²) in [6.07, 6.45) is 1.20. The van der Waals surface area contributed by atoms with Crippen molar-refractivity contribution in [1.29, 1.82) is 0 Å². The summed E-state index contributed by atoms with van der Waals surface area (Å²) in [6.45, 7) is 8.60. The van der Waals surface area contributed by atoms with E-state index in [1.807, 2.05) is 0 Å². The highest BCUT2D eigenvalue weighted by molar-refractivity contribution is 6.06. The summed E-state index contributed by atoms with van der Waals surface area (Å²) in [7, 11) is 0. The maximum atomic E-state index is 8.36. The summed E-state index contributed by atoms with van der Waals surface area (Å²) < 4.78 is 0. The van der Waals surface area contributed by atoms with Gasteiger partial charge in [0, 0.05) is 29.4 Å². The highest BCUT2D eigenvalue weighted by atomic mass is 16.3. The molecule has 1 fully saturated rings. The van der Waals surface area contributed by atoms with Gasteiger partial charge in [0.2, 0.25) is 0 Å². The van der Waals surface area contributed by atoms with Crippen LogP contribution in [0.4, 0.5) is 11.4 Å². The second-order valence-electron chi connectivity index (χ2n) is 7.16. The lowest BCUT2D eigenvalue weighted by Gasteiger charge is -2.22. The van der Waals surface area contributed by atoms with Gasteiger partial charge < -0.3 is 15.7 Å². The number of rotatable bonds is 2. The minimum absolute atomic E-state index is 0.0269. The standard InChI is InChI=1S/C19H23N3.CH2O2/c1-12-19(2,3)18-16-6-5-14(22-15-8-9-20-11-15)10-13(16)4-7-17(18)21-12;2-1-3/h4-7,10,15,20,22H,8-9,11H2,1-3H3;1H,(H,2,3)/t15-;/m1./s1. The largest absolute Gasteiger partial charge is 0.483 e. The van der Waals surface area contributed by atoms with E-state index in [0.717, 1.165) is 18.8 Å². The van der Waals surface area contributed by atoms with Crippen LogP contribution in [0.25, 0.3) is 10.8 Å². The molecule has 0 unspecified atom stereocenters. The number of carbonyl (C=O) groups is 1. The minimum Gasteiger partial charge on any atom is -0.483 e. The first-order chi connectivity index (χ1) is 12.0. The third kappa shape index (κ3) is 3.24. The van der Waals surface area contributed by atoms with Crippen molar-refractivity contribution in [2.75, 3.05) is 18.4 Å². The van der Waals surface area contributed by atoms with Crippen LogP contribution in [0.1, 0.15) is 32.8 Å². The molecule has 1 saturated heterocycles. The molecule has 2 aliphatic heterocycles. The molecule has 25 heavy (non-hydrogen) atoms. The molecule has 0 aromatic heterocycles. The molecule has 5 nitrogen and oxygen atoms in total. The Morgan fingerprint density at radius 3 is 2.76 bits per heavy atom.